The SMILES string of the molecule is Cc1cnc(C(=O)CCc2nccn2C)c(C)c1. The maximum absolute atomic E-state index is 12.1. The number of nitrogens with zero attached hydrogens (tertiary/aromatic N) is 3. The molecule has 0 saturated heterocycles. The van der Waals surface area contributed by atoms with E-state index in [1.807, 2.05) is 37.7 Å². The first kappa shape index (κ1) is 12.5. The monoisotopic (exact) mass is 243 g/mol. The average molecular weight is 243 g/mol. The van der Waals surface area contributed by atoms with E-state index < -0.39 is 0 Å². The van der Waals surface area contributed by atoms with E-state index in [0.717, 1.165) is 17.0 Å². The molecule has 2 aromatic heterocycles. The molecule has 0 amide bonds. The molecule has 18 heavy (non-hydrogen) atoms. The minimum Gasteiger partial charge on any atom is -0.338 e. The summed E-state index contributed by atoms with van der Waals surface area (Å²) in [7, 11) is 1.93. The van der Waals surface area contributed by atoms with Crippen molar-refractivity contribution in [3.63, 3.8) is 0 Å². The lowest BCUT2D eigenvalue weighted by Gasteiger charge is -2.05. The van der Waals surface area contributed by atoms with Crippen LogP contribution >= 0.6 is 0 Å². The molecule has 0 unspecified atom stereocenters. The fraction of sp³-hybridized carbons (Fsp3) is 0.357. The first-order valence-electron chi connectivity index (χ1n) is 6.00. The Morgan fingerprint density at radius 3 is 2.72 bits per heavy atom. The average Bonchev–Trinajstić information content (AvgIpc) is 2.72. The van der Waals surface area contributed by atoms with Crippen LogP contribution in [0.2, 0.25) is 0 Å². The van der Waals surface area contributed by atoms with Crippen LogP contribution in [-0.2, 0) is 13.5 Å². The predicted molar refractivity (Wildman–Crippen MR) is 69.6 cm³/mol. The Hall–Kier alpha value is -1.97. The van der Waals surface area contributed by atoms with Crippen molar-refractivity contribution in [3.05, 3.63) is 47.3 Å². The van der Waals surface area contributed by atoms with Gasteiger partial charge in [-0.2, -0.15) is 0 Å². The maximum atomic E-state index is 12.1. The number of imidazole rings is 1. The first-order chi connectivity index (χ1) is 8.58. The van der Waals surface area contributed by atoms with E-state index in [1.54, 1.807) is 12.4 Å². The number of rotatable bonds is 4. The van der Waals surface area contributed by atoms with Gasteiger partial charge in [0.05, 0.1) is 0 Å². The Bertz CT molecular complexity index is 572. The van der Waals surface area contributed by atoms with E-state index in [1.165, 1.54) is 0 Å². The summed E-state index contributed by atoms with van der Waals surface area (Å²) >= 11 is 0. The number of aryl methyl sites for hydroxylation is 4. The smallest absolute Gasteiger partial charge is 0.181 e. The molecule has 0 fully saturated rings. The molecule has 0 aliphatic heterocycles. The number of ketones is 1. The fourth-order valence-electron chi connectivity index (χ4n) is 1.99. The van der Waals surface area contributed by atoms with Gasteiger partial charge in [0.25, 0.3) is 0 Å². The van der Waals surface area contributed by atoms with Crippen LogP contribution in [0.15, 0.2) is 24.7 Å². The van der Waals surface area contributed by atoms with Gasteiger partial charge < -0.3 is 4.57 Å². The Morgan fingerprint density at radius 1 is 1.33 bits per heavy atom. The molecule has 2 aromatic rings. The standard InChI is InChI=1S/C14H17N3O/c1-10-8-11(2)14(16-9-10)12(18)4-5-13-15-6-7-17(13)3/h6-9H,4-5H2,1-3H3. The van der Waals surface area contributed by atoms with Crippen molar-refractivity contribution in [2.45, 2.75) is 26.7 Å². The molecule has 94 valence electrons. The zero-order chi connectivity index (χ0) is 13.1. The molecule has 0 aromatic carbocycles. The second-order valence-electron chi connectivity index (χ2n) is 4.56. The van der Waals surface area contributed by atoms with Gasteiger partial charge >= 0.3 is 0 Å². The van der Waals surface area contributed by atoms with E-state index in [0.29, 0.717) is 18.5 Å². The molecule has 2 rings (SSSR count). The largest absolute Gasteiger partial charge is 0.338 e. The van der Waals surface area contributed by atoms with Gasteiger partial charge in [-0.05, 0) is 25.0 Å². The summed E-state index contributed by atoms with van der Waals surface area (Å²) in [6.07, 6.45) is 6.46. The summed E-state index contributed by atoms with van der Waals surface area (Å²) < 4.78 is 1.93. The quantitative estimate of drug-likeness (QED) is 0.774. The number of carbonyl (C=O) groups is 1. The highest BCUT2D eigenvalue weighted by molar-refractivity contribution is 5.95. The third-order valence-corrected chi connectivity index (χ3v) is 2.98. The Kier molecular flexibility index (Phi) is 3.55. The second kappa shape index (κ2) is 5.12. The van der Waals surface area contributed by atoms with Crippen molar-refractivity contribution in [2.24, 2.45) is 7.05 Å². The van der Waals surface area contributed by atoms with Gasteiger partial charge in [0.2, 0.25) is 0 Å². The zero-order valence-corrected chi connectivity index (χ0v) is 11.0. The van der Waals surface area contributed by atoms with Crippen molar-refractivity contribution < 1.29 is 4.79 Å². The van der Waals surface area contributed by atoms with Crippen molar-refractivity contribution in [2.75, 3.05) is 0 Å². The van der Waals surface area contributed by atoms with Crippen LogP contribution in [0.1, 0.15) is 33.9 Å². The van der Waals surface area contributed by atoms with Gasteiger partial charge in [-0.3, -0.25) is 9.78 Å². The predicted octanol–water partition coefficient (Wildman–Crippen LogP) is 2.25. The summed E-state index contributed by atoms with van der Waals surface area (Å²) in [5.74, 6) is 1.00. The van der Waals surface area contributed by atoms with E-state index in [9.17, 15) is 4.79 Å². The zero-order valence-electron chi connectivity index (χ0n) is 11.0. The first-order valence-corrected chi connectivity index (χ1v) is 6.00. The molecule has 0 N–H and O–H groups in total. The van der Waals surface area contributed by atoms with Gasteiger partial charge in [0.1, 0.15) is 11.5 Å². The fourth-order valence-corrected chi connectivity index (χ4v) is 1.99. The molecule has 0 aliphatic carbocycles. The van der Waals surface area contributed by atoms with Crippen LogP contribution < -0.4 is 0 Å². The minimum absolute atomic E-state index is 0.0792. The highest BCUT2D eigenvalue weighted by atomic mass is 16.1. The normalized spacial score (nSPS) is 10.6. The highest BCUT2D eigenvalue weighted by Gasteiger charge is 2.12. The van der Waals surface area contributed by atoms with E-state index in [-0.39, 0.29) is 5.78 Å². The summed E-state index contributed by atoms with van der Waals surface area (Å²) in [5.41, 5.74) is 2.60. The molecule has 2 heterocycles. The van der Waals surface area contributed by atoms with E-state index >= 15 is 0 Å². The molecule has 4 nitrogen and oxygen atoms in total. The summed E-state index contributed by atoms with van der Waals surface area (Å²) in [5, 5.41) is 0. The third-order valence-electron chi connectivity index (χ3n) is 2.98. The maximum Gasteiger partial charge on any atom is 0.181 e. The van der Waals surface area contributed by atoms with E-state index in [4.69, 9.17) is 0 Å². The van der Waals surface area contributed by atoms with Crippen LogP contribution in [0.4, 0.5) is 0 Å². The molecular weight excluding hydrogens is 226 g/mol. The number of Topliss-reactive ketones (excluding diaryl/α,β-unsaturated/α-hetero) is 1. The third kappa shape index (κ3) is 2.64. The second-order valence-corrected chi connectivity index (χ2v) is 4.56. The van der Waals surface area contributed by atoms with Crippen LogP contribution in [0.5, 0.6) is 0 Å². The summed E-state index contributed by atoms with van der Waals surface area (Å²) in [6.45, 7) is 3.90. The number of pyridine rings is 1. The number of carbonyl (C=O) groups excluding carboxylic acids is 1. The van der Waals surface area contributed by atoms with Gasteiger partial charge in [0.15, 0.2) is 5.78 Å². The number of hydrogen-bond acceptors (Lipinski definition) is 3. The molecule has 0 bridgehead atoms. The van der Waals surface area contributed by atoms with Crippen LogP contribution in [0, 0.1) is 13.8 Å². The Labute approximate surface area is 107 Å². The number of aromatic nitrogens is 3. The molecule has 0 saturated carbocycles. The van der Waals surface area contributed by atoms with Gasteiger partial charge in [-0.25, -0.2) is 4.98 Å². The van der Waals surface area contributed by atoms with Crippen molar-refractivity contribution >= 4 is 5.78 Å². The number of hydrogen-bond donors (Lipinski definition) is 0. The van der Waals surface area contributed by atoms with Gasteiger partial charge in [-0.1, -0.05) is 6.07 Å². The topological polar surface area (TPSA) is 47.8 Å². The lowest BCUT2D eigenvalue weighted by atomic mass is 10.1. The summed E-state index contributed by atoms with van der Waals surface area (Å²) in [6, 6.07) is 1.99. The highest BCUT2D eigenvalue weighted by Crippen LogP contribution is 2.11. The Balaban J connectivity index is 2.06. The van der Waals surface area contributed by atoms with Crippen molar-refractivity contribution in [1.82, 2.24) is 14.5 Å². The molecule has 4 heteroatoms. The molecule has 0 radical (unpaired) electrons. The minimum atomic E-state index is 0.0792. The van der Waals surface area contributed by atoms with Crippen molar-refractivity contribution in [1.29, 1.82) is 0 Å². The van der Waals surface area contributed by atoms with E-state index in [2.05, 4.69) is 9.97 Å². The molecule has 0 aliphatic rings. The lowest BCUT2D eigenvalue weighted by Crippen LogP contribution is -2.08. The Morgan fingerprint density at radius 2 is 2.11 bits per heavy atom. The molecule has 0 atom stereocenters. The van der Waals surface area contributed by atoms with Crippen molar-refractivity contribution in [3.8, 4) is 0 Å². The van der Waals surface area contributed by atoms with Crippen LogP contribution in [0.3, 0.4) is 0 Å². The molecular formula is C14H17N3O. The van der Waals surface area contributed by atoms with Crippen LogP contribution in [0.25, 0.3) is 0 Å². The lowest BCUT2D eigenvalue weighted by molar-refractivity contribution is 0.0976. The summed E-state index contributed by atoms with van der Waals surface area (Å²) in [4.78, 5) is 20.5. The van der Waals surface area contributed by atoms with Crippen LogP contribution in [-0.4, -0.2) is 20.3 Å². The van der Waals surface area contributed by atoms with Gasteiger partial charge in [0, 0.05) is 38.5 Å². The van der Waals surface area contributed by atoms with Gasteiger partial charge in [-0.15, -0.1) is 0 Å². The molecule has 0 spiro atoms.